The predicted molar refractivity (Wildman–Crippen MR) is 52.9 cm³/mol. The molecule has 1 aliphatic carbocycles. The molecule has 0 aromatic carbocycles. The molecule has 2 N–H and O–H groups in total. The fraction of sp³-hybridized carbons (Fsp3) is 0.778. The highest BCUT2D eigenvalue weighted by Gasteiger charge is 2.39. The fourth-order valence-electron chi connectivity index (χ4n) is 1.08. The van der Waals surface area contributed by atoms with Crippen molar-refractivity contribution in [2.45, 2.75) is 37.5 Å². The monoisotopic (exact) mass is 171 g/mol. The summed E-state index contributed by atoms with van der Waals surface area (Å²) in [5.74, 6) is 0. The van der Waals surface area contributed by atoms with E-state index in [0.717, 1.165) is 0 Å². The first-order chi connectivity index (χ1) is 5.09. The molecular weight excluding hydrogens is 154 g/mol. The first-order valence-electron chi connectivity index (χ1n) is 4.10. The van der Waals surface area contributed by atoms with E-state index >= 15 is 0 Å². The molecule has 0 aromatic rings. The lowest BCUT2D eigenvalue weighted by molar-refractivity contribution is 0.850. The van der Waals surface area contributed by atoms with Crippen molar-refractivity contribution in [2.24, 2.45) is 5.73 Å². The molecule has 1 fully saturated rings. The zero-order chi connectivity index (χ0) is 8.48. The molecule has 0 saturated heterocycles. The Morgan fingerprint density at radius 1 is 1.64 bits per heavy atom. The van der Waals surface area contributed by atoms with Crippen LogP contribution in [0.4, 0.5) is 0 Å². The number of rotatable bonds is 3. The summed E-state index contributed by atoms with van der Waals surface area (Å²) in [7, 11) is 0. The molecule has 0 bridgehead atoms. The van der Waals surface area contributed by atoms with Crippen molar-refractivity contribution in [3.63, 3.8) is 0 Å². The van der Waals surface area contributed by atoms with Crippen LogP contribution >= 0.6 is 11.8 Å². The minimum absolute atomic E-state index is 0.222. The topological polar surface area (TPSA) is 26.0 Å². The molecule has 0 spiro atoms. The highest BCUT2D eigenvalue weighted by atomic mass is 32.2. The zero-order valence-electron chi connectivity index (χ0n) is 7.55. The summed E-state index contributed by atoms with van der Waals surface area (Å²) in [6.07, 6.45) is 7.19. The molecular formula is C9H17NS. The van der Waals surface area contributed by atoms with Crippen LogP contribution in [0.2, 0.25) is 0 Å². The predicted octanol–water partition coefficient (Wildman–Crippen LogP) is 2.18. The van der Waals surface area contributed by atoms with Gasteiger partial charge in [0, 0.05) is 10.8 Å². The second-order valence-corrected chi connectivity index (χ2v) is 4.67. The van der Waals surface area contributed by atoms with Gasteiger partial charge in [-0.05, 0) is 32.9 Å². The Bertz CT molecular complexity index is 168. The van der Waals surface area contributed by atoms with Gasteiger partial charge in [0.1, 0.15) is 0 Å². The van der Waals surface area contributed by atoms with Crippen LogP contribution in [-0.4, -0.2) is 17.0 Å². The zero-order valence-corrected chi connectivity index (χ0v) is 8.37. The van der Waals surface area contributed by atoms with Crippen LogP contribution in [-0.2, 0) is 0 Å². The fourth-order valence-corrected chi connectivity index (χ4v) is 1.89. The van der Waals surface area contributed by atoms with Crippen LogP contribution in [0.3, 0.4) is 0 Å². The third-order valence-corrected chi connectivity index (χ3v) is 3.70. The van der Waals surface area contributed by atoms with Crippen LogP contribution in [0.25, 0.3) is 0 Å². The Kier molecular flexibility index (Phi) is 2.66. The van der Waals surface area contributed by atoms with Gasteiger partial charge in [-0.2, -0.15) is 11.8 Å². The van der Waals surface area contributed by atoms with Crippen molar-refractivity contribution >= 4 is 11.8 Å². The Morgan fingerprint density at radius 2 is 2.18 bits per heavy atom. The van der Waals surface area contributed by atoms with E-state index in [0.29, 0.717) is 4.75 Å². The summed E-state index contributed by atoms with van der Waals surface area (Å²) in [5.41, 5.74) is 7.08. The van der Waals surface area contributed by atoms with Gasteiger partial charge in [0.2, 0.25) is 0 Å². The van der Waals surface area contributed by atoms with Gasteiger partial charge >= 0.3 is 0 Å². The van der Waals surface area contributed by atoms with Gasteiger partial charge in [0.05, 0.1) is 0 Å². The van der Waals surface area contributed by atoms with Crippen molar-refractivity contribution in [2.75, 3.05) is 6.26 Å². The Labute approximate surface area is 73.4 Å². The van der Waals surface area contributed by atoms with Crippen LogP contribution in [0.1, 0.15) is 26.7 Å². The lowest BCUT2D eigenvalue weighted by atomic mass is 10.1. The second kappa shape index (κ2) is 3.20. The highest BCUT2D eigenvalue weighted by molar-refractivity contribution is 8.00. The lowest BCUT2D eigenvalue weighted by Crippen LogP contribution is -2.17. The molecule has 0 heterocycles. The maximum atomic E-state index is 5.75. The minimum atomic E-state index is 0.222. The van der Waals surface area contributed by atoms with Gasteiger partial charge in [-0.1, -0.05) is 11.6 Å². The summed E-state index contributed by atoms with van der Waals surface area (Å²) < 4.78 is 0.470. The van der Waals surface area contributed by atoms with E-state index < -0.39 is 0 Å². The number of nitrogens with two attached hydrogens (primary N) is 1. The van der Waals surface area contributed by atoms with Crippen LogP contribution in [0, 0.1) is 0 Å². The molecule has 11 heavy (non-hydrogen) atoms. The smallest absolute Gasteiger partial charge is 0.0340 e. The molecule has 2 heteroatoms. The lowest BCUT2D eigenvalue weighted by Gasteiger charge is -2.10. The largest absolute Gasteiger partial charge is 0.324 e. The third-order valence-electron chi connectivity index (χ3n) is 2.36. The van der Waals surface area contributed by atoms with Gasteiger partial charge in [-0.15, -0.1) is 0 Å². The Balaban J connectivity index is 2.57. The molecule has 1 rings (SSSR count). The SMILES string of the molecule is CSC1(/C=C(/C)C(C)N)CC1. The molecule has 1 nitrogen and oxygen atoms in total. The molecule has 0 amide bonds. The summed E-state index contributed by atoms with van der Waals surface area (Å²) in [6.45, 7) is 4.17. The van der Waals surface area contributed by atoms with Gasteiger partial charge < -0.3 is 5.73 Å². The first-order valence-corrected chi connectivity index (χ1v) is 5.32. The summed E-state index contributed by atoms with van der Waals surface area (Å²) in [5, 5.41) is 0. The number of thioether (sulfide) groups is 1. The standard InChI is InChI=1S/C9H17NS/c1-7(8(2)10)6-9(11-3)4-5-9/h6,8H,4-5,10H2,1-3H3/b7-6-. The third kappa shape index (κ3) is 2.24. The van der Waals surface area contributed by atoms with E-state index in [-0.39, 0.29) is 6.04 Å². The van der Waals surface area contributed by atoms with Crippen LogP contribution < -0.4 is 5.73 Å². The first kappa shape index (κ1) is 9.14. The van der Waals surface area contributed by atoms with E-state index in [9.17, 15) is 0 Å². The normalized spacial score (nSPS) is 24.9. The summed E-state index contributed by atoms with van der Waals surface area (Å²) in [4.78, 5) is 0. The molecule has 1 atom stereocenters. The number of hydrogen-bond donors (Lipinski definition) is 1. The van der Waals surface area contributed by atoms with Crippen molar-refractivity contribution in [3.8, 4) is 0 Å². The van der Waals surface area contributed by atoms with Gasteiger partial charge in [-0.25, -0.2) is 0 Å². The quantitative estimate of drug-likeness (QED) is 0.659. The van der Waals surface area contributed by atoms with Gasteiger partial charge in [-0.3, -0.25) is 0 Å². The van der Waals surface area contributed by atoms with Crippen molar-refractivity contribution in [1.29, 1.82) is 0 Å². The number of hydrogen-bond acceptors (Lipinski definition) is 2. The molecule has 0 radical (unpaired) electrons. The van der Waals surface area contributed by atoms with Crippen molar-refractivity contribution in [3.05, 3.63) is 11.6 Å². The minimum Gasteiger partial charge on any atom is -0.324 e. The molecule has 0 aromatic heterocycles. The average molecular weight is 171 g/mol. The van der Waals surface area contributed by atoms with E-state index in [1.807, 2.05) is 18.7 Å². The highest BCUT2D eigenvalue weighted by Crippen LogP contribution is 2.49. The Morgan fingerprint density at radius 3 is 2.45 bits per heavy atom. The van der Waals surface area contributed by atoms with E-state index in [4.69, 9.17) is 5.73 Å². The van der Waals surface area contributed by atoms with Crippen molar-refractivity contribution in [1.82, 2.24) is 0 Å². The molecule has 1 saturated carbocycles. The van der Waals surface area contributed by atoms with Gasteiger partial charge in [0.25, 0.3) is 0 Å². The molecule has 1 unspecified atom stereocenters. The van der Waals surface area contributed by atoms with Crippen LogP contribution in [0.15, 0.2) is 11.6 Å². The summed E-state index contributed by atoms with van der Waals surface area (Å²) in [6, 6.07) is 0.222. The molecule has 1 aliphatic rings. The average Bonchev–Trinajstić information content (AvgIpc) is 2.69. The summed E-state index contributed by atoms with van der Waals surface area (Å²) >= 11 is 1.95. The second-order valence-electron chi connectivity index (χ2n) is 3.45. The van der Waals surface area contributed by atoms with Gasteiger partial charge in [0.15, 0.2) is 0 Å². The molecule has 64 valence electrons. The Hall–Kier alpha value is 0.0500. The van der Waals surface area contributed by atoms with E-state index in [2.05, 4.69) is 19.3 Å². The maximum Gasteiger partial charge on any atom is 0.0340 e. The van der Waals surface area contributed by atoms with E-state index in [1.54, 1.807) is 0 Å². The van der Waals surface area contributed by atoms with E-state index in [1.165, 1.54) is 18.4 Å². The van der Waals surface area contributed by atoms with Crippen LogP contribution in [0.5, 0.6) is 0 Å². The molecule has 0 aliphatic heterocycles. The van der Waals surface area contributed by atoms with Crippen molar-refractivity contribution < 1.29 is 0 Å². The maximum absolute atomic E-state index is 5.75.